The van der Waals surface area contributed by atoms with Crippen LogP contribution in [0.5, 0.6) is 0 Å². The molecule has 0 spiro atoms. The third-order valence-electron chi connectivity index (χ3n) is 3.77. The molecule has 0 radical (unpaired) electrons. The molecule has 1 aliphatic rings. The summed E-state index contributed by atoms with van der Waals surface area (Å²) in [5.41, 5.74) is 2.58. The second kappa shape index (κ2) is 7.49. The van der Waals surface area contributed by atoms with Gasteiger partial charge in [-0.05, 0) is 36.8 Å². The molecule has 1 aliphatic heterocycles. The summed E-state index contributed by atoms with van der Waals surface area (Å²) in [6.45, 7) is 3.42. The summed E-state index contributed by atoms with van der Waals surface area (Å²) < 4.78 is 24.5. The zero-order chi connectivity index (χ0) is 16.1. The highest BCUT2D eigenvalue weighted by atomic mass is 19.1. The van der Waals surface area contributed by atoms with Gasteiger partial charge >= 0.3 is 0 Å². The Bertz CT molecular complexity index is 644. The first kappa shape index (κ1) is 15.8. The van der Waals surface area contributed by atoms with Crippen molar-refractivity contribution in [2.45, 2.75) is 19.6 Å². The minimum Gasteiger partial charge on any atom is -0.348 e. The molecule has 1 aromatic carbocycles. The maximum atomic E-state index is 13.0. The average molecular weight is 313 g/mol. The number of ether oxygens (including phenoxy) is 2. The van der Waals surface area contributed by atoms with Crippen molar-refractivity contribution in [3.8, 4) is 11.3 Å². The van der Waals surface area contributed by atoms with Crippen molar-refractivity contribution in [2.75, 3.05) is 13.2 Å². The van der Waals surface area contributed by atoms with E-state index in [-0.39, 0.29) is 12.1 Å². The van der Waals surface area contributed by atoms with Crippen LogP contribution in [0.15, 0.2) is 54.7 Å². The van der Waals surface area contributed by atoms with Crippen LogP contribution in [0.25, 0.3) is 11.3 Å². The fraction of sp³-hybridized carbons (Fsp3) is 0.316. The largest absolute Gasteiger partial charge is 0.348 e. The maximum absolute atomic E-state index is 13.0. The lowest BCUT2D eigenvalue weighted by atomic mass is 10.1. The summed E-state index contributed by atoms with van der Waals surface area (Å²) in [5, 5.41) is 0. The van der Waals surface area contributed by atoms with Crippen LogP contribution in [-0.2, 0) is 9.47 Å². The Labute approximate surface area is 135 Å². The second-order valence-electron chi connectivity index (χ2n) is 5.58. The van der Waals surface area contributed by atoms with E-state index in [0.29, 0.717) is 19.1 Å². The Morgan fingerprint density at radius 1 is 1.13 bits per heavy atom. The Morgan fingerprint density at radius 2 is 1.87 bits per heavy atom. The Balaban J connectivity index is 1.64. The first-order valence-electron chi connectivity index (χ1n) is 7.88. The standard InChI is InChI=1S/C19H20FNO2/c1-2-3-4-14-12-22-19(23-13-14)16-7-10-18(21-11-16)15-5-8-17(20)9-6-15/h3-11,14,19H,2,12-13H2,1H3/b4-3+. The van der Waals surface area contributed by atoms with E-state index in [1.807, 2.05) is 12.1 Å². The number of rotatable bonds is 4. The first-order chi connectivity index (χ1) is 11.3. The number of aromatic nitrogens is 1. The van der Waals surface area contributed by atoms with Gasteiger partial charge in [0.1, 0.15) is 5.82 Å². The van der Waals surface area contributed by atoms with Crippen LogP contribution in [0.1, 0.15) is 25.2 Å². The third kappa shape index (κ3) is 4.03. The lowest BCUT2D eigenvalue weighted by Gasteiger charge is -2.28. The molecule has 0 bridgehead atoms. The molecule has 1 aromatic heterocycles. The monoisotopic (exact) mass is 313 g/mol. The van der Waals surface area contributed by atoms with Crippen LogP contribution >= 0.6 is 0 Å². The van der Waals surface area contributed by atoms with E-state index in [2.05, 4.69) is 24.1 Å². The normalized spacial score (nSPS) is 21.7. The molecule has 2 aromatic rings. The summed E-state index contributed by atoms with van der Waals surface area (Å²) in [5.74, 6) is 0.0682. The molecule has 0 amide bonds. The molecule has 0 aliphatic carbocycles. The number of halogens is 1. The minimum absolute atomic E-state index is 0.249. The van der Waals surface area contributed by atoms with Gasteiger partial charge in [0.15, 0.2) is 6.29 Å². The van der Waals surface area contributed by atoms with Crippen LogP contribution in [-0.4, -0.2) is 18.2 Å². The van der Waals surface area contributed by atoms with E-state index in [0.717, 1.165) is 23.2 Å². The number of nitrogens with zero attached hydrogens (tertiary/aromatic N) is 1. The van der Waals surface area contributed by atoms with E-state index in [4.69, 9.17) is 9.47 Å². The second-order valence-corrected chi connectivity index (χ2v) is 5.58. The molecule has 1 saturated heterocycles. The van der Waals surface area contributed by atoms with Crippen molar-refractivity contribution in [2.24, 2.45) is 5.92 Å². The molecule has 0 unspecified atom stereocenters. The quantitative estimate of drug-likeness (QED) is 0.778. The van der Waals surface area contributed by atoms with Crippen LogP contribution in [0, 0.1) is 11.7 Å². The van der Waals surface area contributed by atoms with Crippen LogP contribution < -0.4 is 0 Å². The van der Waals surface area contributed by atoms with Crippen molar-refractivity contribution in [3.63, 3.8) is 0 Å². The van der Waals surface area contributed by atoms with E-state index in [1.54, 1.807) is 18.3 Å². The van der Waals surface area contributed by atoms with E-state index in [1.165, 1.54) is 12.1 Å². The van der Waals surface area contributed by atoms with E-state index in [9.17, 15) is 4.39 Å². The molecule has 0 N–H and O–H groups in total. The summed E-state index contributed by atoms with van der Waals surface area (Å²) in [4.78, 5) is 4.43. The van der Waals surface area contributed by atoms with Gasteiger partial charge in [-0.15, -0.1) is 0 Å². The van der Waals surface area contributed by atoms with Gasteiger partial charge in [-0.1, -0.05) is 25.1 Å². The zero-order valence-corrected chi connectivity index (χ0v) is 13.1. The molecule has 2 heterocycles. The predicted octanol–water partition coefficient (Wildman–Crippen LogP) is 4.52. The number of hydrogen-bond donors (Lipinski definition) is 0. The summed E-state index contributed by atoms with van der Waals surface area (Å²) in [7, 11) is 0. The van der Waals surface area contributed by atoms with Gasteiger partial charge < -0.3 is 9.47 Å². The van der Waals surface area contributed by atoms with Gasteiger partial charge in [0.2, 0.25) is 0 Å². The fourth-order valence-corrected chi connectivity index (χ4v) is 2.49. The van der Waals surface area contributed by atoms with Gasteiger partial charge in [0.25, 0.3) is 0 Å². The molecule has 0 saturated carbocycles. The fourth-order valence-electron chi connectivity index (χ4n) is 2.49. The highest BCUT2D eigenvalue weighted by Crippen LogP contribution is 2.26. The summed E-state index contributed by atoms with van der Waals surface area (Å²) in [6.07, 6.45) is 6.69. The van der Waals surface area contributed by atoms with Crippen molar-refractivity contribution < 1.29 is 13.9 Å². The molecular weight excluding hydrogens is 293 g/mol. The Kier molecular flexibility index (Phi) is 5.16. The average Bonchev–Trinajstić information content (AvgIpc) is 2.61. The van der Waals surface area contributed by atoms with Crippen LogP contribution in [0.2, 0.25) is 0 Å². The van der Waals surface area contributed by atoms with Crippen molar-refractivity contribution in [1.29, 1.82) is 0 Å². The predicted molar refractivity (Wildman–Crippen MR) is 87.2 cm³/mol. The minimum atomic E-state index is -0.365. The number of benzene rings is 1. The molecule has 1 fully saturated rings. The summed E-state index contributed by atoms with van der Waals surface area (Å²) >= 11 is 0. The van der Waals surface area contributed by atoms with Gasteiger partial charge in [0, 0.05) is 23.2 Å². The van der Waals surface area contributed by atoms with E-state index >= 15 is 0 Å². The first-order valence-corrected chi connectivity index (χ1v) is 7.88. The molecular formula is C19H20FNO2. The van der Waals surface area contributed by atoms with Crippen molar-refractivity contribution in [1.82, 2.24) is 4.98 Å². The number of pyridine rings is 1. The summed E-state index contributed by atoms with van der Waals surface area (Å²) in [6, 6.07) is 10.1. The molecule has 3 nitrogen and oxygen atoms in total. The highest BCUT2D eigenvalue weighted by Gasteiger charge is 2.22. The lowest BCUT2D eigenvalue weighted by Crippen LogP contribution is -2.25. The van der Waals surface area contributed by atoms with Crippen LogP contribution in [0.4, 0.5) is 4.39 Å². The van der Waals surface area contributed by atoms with Gasteiger partial charge in [-0.25, -0.2) is 4.39 Å². The van der Waals surface area contributed by atoms with Gasteiger partial charge in [-0.3, -0.25) is 4.98 Å². The Morgan fingerprint density at radius 3 is 2.48 bits per heavy atom. The zero-order valence-electron chi connectivity index (χ0n) is 13.1. The van der Waals surface area contributed by atoms with Gasteiger partial charge in [0.05, 0.1) is 18.9 Å². The third-order valence-corrected chi connectivity index (χ3v) is 3.77. The van der Waals surface area contributed by atoms with E-state index < -0.39 is 0 Å². The lowest BCUT2D eigenvalue weighted by molar-refractivity contribution is -0.197. The molecule has 4 heteroatoms. The van der Waals surface area contributed by atoms with Gasteiger partial charge in [-0.2, -0.15) is 0 Å². The van der Waals surface area contributed by atoms with Crippen molar-refractivity contribution in [3.05, 3.63) is 66.1 Å². The smallest absolute Gasteiger partial charge is 0.185 e. The molecule has 23 heavy (non-hydrogen) atoms. The number of allylic oxidation sites excluding steroid dienone is 1. The SMILES string of the molecule is CC/C=C/C1COC(c2ccc(-c3ccc(F)cc3)nc2)OC1. The molecule has 0 atom stereocenters. The Hall–Kier alpha value is -2.04. The topological polar surface area (TPSA) is 31.4 Å². The molecule has 3 rings (SSSR count). The van der Waals surface area contributed by atoms with Crippen molar-refractivity contribution >= 4 is 0 Å². The molecule has 120 valence electrons. The number of hydrogen-bond acceptors (Lipinski definition) is 3. The highest BCUT2D eigenvalue weighted by molar-refractivity contribution is 5.58. The maximum Gasteiger partial charge on any atom is 0.185 e. The van der Waals surface area contributed by atoms with Crippen LogP contribution in [0.3, 0.4) is 0 Å².